The highest BCUT2D eigenvalue weighted by molar-refractivity contribution is 5.87. The zero-order valence-corrected chi connectivity index (χ0v) is 11.5. The van der Waals surface area contributed by atoms with Gasteiger partial charge in [-0.15, -0.1) is 0 Å². The molecule has 0 aliphatic rings. The van der Waals surface area contributed by atoms with Crippen LogP contribution in [-0.4, -0.2) is 13.0 Å². The Morgan fingerprint density at radius 2 is 2.11 bits per heavy atom. The third kappa shape index (κ3) is 5.73. The number of allylic oxidation sites excluding steroid dienone is 4. The van der Waals surface area contributed by atoms with Crippen LogP contribution in [0.25, 0.3) is 0 Å². The quantitative estimate of drug-likeness (QED) is 0.500. The average Bonchev–Trinajstić information content (AvgIpc) is 2.41. The van der Waals surface area contributed by atoms with Crippen molar-refractivity contribution in [2.45, 2.75) is 13.8 Å². The Morgan fingerprint density at radius 1 is 1.32 bits per heavy atom. The smallest absolute Gasteiger partial charge is 0.243 e. The number of nitrogens with one attached hydrogen (secondary N) is 1. The fourth-order valence-electron chi connectivity index (χ4n) is 1.37. The number of benzene rings is 1. The normalized spacial score (nSPS) is 12.1. The number of likely N-dealkylation sites (N-methyl/N-ethyl adjacent to an activating group) is 1. The van der Waals surface area contributed by atoms with Crippen LogP contribution in [-0.2, 0) is 4.79 Å². The summed E-state index contributed by atoms with van der Waals surface area (Å²) in [5.41, 5.74) is 1.12. The number of ether oxygens (including phenoxy) is 1. The molecule has 1 aromatic carbocycles. The lowest BCUT2D eigenvalue weighted by atomic mass is 10.2. The van der Waals surface area contributed by atoms with Crippen LogP contribution in [0.1, 0.15) is 12.5 Å². The van der Waals surface area contributed by atoms with Gasteiger partial charge in [-0.2, -0.15) is 0 Å². The first-order chi connectivity index (χ1) is 9.15. The summed E-state index contributed by atoms with van der Waals surface area (Å²) in [5, 5.41) is 2.52. The summed E-state index contributed by atoms with van der Waals surface area (Å²) >= 11 is 0. The fourth-order valence-corrected chi connectivity index (χ4v) is 1.37. The van der Waals surface area contributed by atoms with Gasteiger partial charge in [-0.1, -0.05) is 24.3 Å². The van der Waals surface area contributed by atoms with Gasteiger partial charge in [0.2, 0.25) is 5.91 Å². The molecule has 0 saturated heterocycles. The maximum atomic E-state index is 11.2. The first kappa shape index (κ1) is 14.8. The van der Waals surface area contributed by atoms with Crippen LogP contribution < -0.4 is 10.1 Å². The molecule has 0 spiro atoms. The topological polar surface area (TPSA) is 38.3 Å². The van der Waals surface area contributed by atoms with Gasteiger partial charge in [-0.3, -0.25) is 4.79 Å². The number of hydrogen-bond acceptors (Lipinski definition) is 2. The monoisotopic (exact) mass is 257 g/mol. The maximum Gasteiger partial charge on any atom is 0.243 e. The Kier molecular flexibility index (Phi) is 6.16. The van der Waals surface area contributed by atoms with E-state index in [2.05, 4.69) is 5.32 Å². The molecule has 0 saturated carbocycles. The fraction of sp³-hybridized carbons (Fsp3) is 0.188. The summed E-state index contributed by atoms with van der Waals surface area (Å²) in [6.45, 7) is 3.92. The predicted molar refractivity (Wildman–Crippen MR) is 77.9 cm³/mol. The second-order valence-electron chi connectivity index (χ2n) is 3.96. The Hall–Kier alpha value is -2.29. The molecular weight excluding hydrogens is 238 g/mol. The molecule has 3 heteroatoms. The van der Waals surface area contributed by atoms with Crippen LogP contribution in [0.5, 0.6) is 5.75 Å². The summed E-state index contributed by atoms with van der Waals surface area (Å²) in [5.74, 6) is 1.18. The summed E-state index contributed by atoms with van der Waals surface area (Å²) in [7, 11) is 1.59. The number of carbonyl (C=O) groups is 1. The Labute approximate surface area is 114 Å². The minimum absolute atomic E-state index is 0.167. The second kappa shape index (κ2) is 7.93. The molecule has 1 rings (SSSR count). The molecule has 0 heterocycles. The second-order valence-corrected chi connectivity index (χ2v) is 3.96. The average molecular weight is 257 g/mol. The van der Waals surface area contributed by atoms with E-state index in [4.69, 9.17) is 4.74 Å². The molecule has 0 atom stereocenters. The minimum atomic E-state index is -0.167. The predicted octanol–water partition coefficient (Wildman–Crippen LogP) is 3.14. The van der Waals surface area contributed by atoms with Crippen LogP contribution in [0.4, 0.5) is 0 Å². The van der Waals surface area contributed by atoms with Crippen molar-refractivity contribution in [3.63, 3.8) is 0 Å². The molecule has 0 unspecified atom stereocenters. The van der Waals surface area contributed by atoms with E-state index in [1.54, 1.807) is 13.1 Å². The molecule has 100 valence electrons. The highest BCUT2D eigenvalue weighted by Gasteiger charge is 1.98. The van der Waals surface area contributed by atoms with E-state index in [9.17, 15) is 4.79 Å². The van der Waals surface area contributed by atoms with Crippen LogP contribution >= 0.6 is 0 Å². The van der Waals surface area contributed by atoms with Crippen LogP contribution in [0.3, 0.4) is 0 Å². The van der Waals surface area contributed by atoms with Gasteiger partial charge in [0.25, 0.3) is 0 Å². The van der Waals surface area contributed by atoms with Gasteiger partial charge in [0.05, 0.1) is 0 Å². The standard InChI is InChI=1S/C16H19NO2/c1-4-5-8-14(10-11-16(18)17-3)19-15-9-6-7-13(2)12-15/h4-12H,1-3H3,(H,17,18)/b5-4-,11-10+,14-8+. The van der Waals surface area contributed by atoms with Crippen molar-refractivity contribution < 1.29 is 9.53 Å². The molecule has 0 aromatic heterocycles. The molecule has 1 aromatic rings. The molecule has 0 aliphatic carbocycles. The van der Waals surface area contributed by atoms with E-state index >= 15 is 0 Å². The zero-order valence-electron chi connectivity index (χ0n) is 11.5. The first-order valence-electron chi connectivity index (χ1n) is 6.13. The lowest BCUT2D eigenvalue weighted by Crippen LogP contribution is -2.14. The van der Waals surface area contributed by atoms with Crippen LogP contribution in [0.2, 0.25) is 0 Å². The largest absolute Gasteiger partial charge is 0.457 e. The van der Waals surface area contributed by atoms with Crippen LogP contribution in [0, 0.1) is 6.92 Å². The minimum Gasteiger partial charge on any atom is -0.457 e. The Balaban J connectivity index is 2.86. The number of hydrogen-bond donors (Lipinski definition) is 1. The maximum absolute atomic E-state index is 11.2. The zero-order chi connectivity index (χ0) is 14.1. The number of amides is 1. The molecular formula is C16H19NO2. The van der Waals surface area contributed by atoms with Gasteiger partial charge >= 0.3 is 0 Å². The number of carbonyl (C=O) groups excluding carboxylic acids is 1. The van der Waals surface area contributed by atoms with Crippen molar-refractivity contribution in [3.05, 3.63) is 66.0 Å². The van der Waals surface area contributed by atoms with Crippen LogP contribution in [0.15, 0.2) is 60.4 Å². The third-order valence-corrected chi connectivity index (χ3v) is 2.32. The Bertz CT molecular complexity index is 513. The van der Waals surface area contributed by atoms with Crippen molar-refractivity contribution in [1.82, 2.24) is 5.32 Å². The van der Waals surface area contributed by atoms with Crippen molar-refractivity contribution >= 4 is 5.91 Å². The lowest BCUT2D eigenvalue weighted by Gasteiger charge is -2.06. The van der Waals surface area contributed by atoms with E-state index in [0.717, 1.165) is 11.3 Å². The van der Waals surface area contributed by atoms with E-state index in [1.165, 1.54) is 6.08 Å². The summed E-state index contributed by atoms with van der Waals surface area (Å²) < 4.78 is 5.74. The number of aryl methyl sites for hydroxylation is 1. The molecule has 3 nitrogen and oxygen atoms in total. The SMILES string of the molecule is C\C=C/C=C(\C=C\C(=O)NC)Oc1cccc(C)c1. The van der Waals surface area contributed by atoms with Crippen molar-refractivity contribution in [2.75, 3.05) is 7.05 Å². The Morgan fingerprint density at radius 3 is 2.74 bits per heavy atom. The molecule has 19 heavy (non-hydrogen) atoms. The summed E-state index contributed by atoms with van der Waals surface area (Å²) in [6, 6.07) is 7.75. The van der Waals surface area contributed by atoms with Gasteiger partial charge in [0, 0.05) is 13.1 Å². The van der Waals surface area contributed by atoms with E-state index in [-0.39, 0.29) is 5.91 Å². The van der Waals surface area contributed by atoms with Crippen molar-refractivity contribution in [2.24, 2.45) is 0 Å². The summed E-state index contributed by atoms with van der Waals surface area (Å²) in [6.07, 6.45) is 8.64. The first-order valence-corrected chi connectivity index (χ1v) is 6.13. The van der Waals surface area contributed by atoms with Gasteiger partial charge in [0.15, 0.2) is 0 Å². The molecule has 1 N–H and O–H groups in total. The van der Waals surface area contributed by atoms with Gasteiger partial charge in [0.1, 0.15) is 11.5 Å². The molecule has 0 fully saturated rings. The van der Waals surface area contributed by atoms with Crippen molar-refractivity contribution in [3.8, 4) is 5.75 Å². The van der Waals surface area contributed by atoms with E-state index < -0.39 is 0 Å². The summed E-state index contributed by atoms with van der Waals surface area (Å²) in [4.78, 5) is 11.2. The number of rotatable bonds is 5. The highest BCUT2D eigenvalue weighted by atomic mass is 16.5. The van der Waals surface area contributed by atoms with E-state index in [1.807, 2.05) is 56.3 Å². The molecule has 0 bridgehead atoms. The van der Waals surface area contributed by atoms with Gasteiger partial charge in [-0.25, -0.2) is 0 Å². The molecule has 0 aliphatic heterocycles. The van der Waals surface area contributed by atoms with Gasteiger partial charge in [-0.05, 0) is 43.7 Å². The van der Waals surface area contributed by atoms with Crippen molar-refractivity contribution in [1.29, 1.82) is 0 Å². The lowest BCUT2D eigenvalue weighted by molar-refractivity contribution is -0.116. The molecule has 1 amide bonds. The van der Waals surface area contributed by atoms with E-state index in [0.29, 0.717) is 5.76 Å². The highest BCUT2D eigenvalue weighted by Crippen LogP contribution is 2.16. The van der Waals surface area contributed by atoms with Gasteiger partial charge < -0.3 is 10.1 Å². The molecule has 0 radical (unpaired) electrons. The third-order valence-electron chi connectivity index (χ3n) is 2.32.